The molecular weight excluding hydrogens is 265 g/mol. The first kappa shape index (κ1) is 14.9. The minimum Gasteiger partial charge on any atom is -0.373 e. The molecule has 1 aromatic heterocycles. The van der Waals surface area contributed by atoms with Gasteiger partial charge in [0.25, 0.3) is 0 Å². The molecule has 0 amide bonds. The summed E-state index contributed by atoms with van der Waals surface area (Å²) in [7, 11) is 1.72. The summed E-state index contributed by atoms with van der Waals surface area (Å²) in [6.07, 6.45) is -3.04. The number of aromatic nitrogens is 2. The van der Waals surface area contributed by atoms with Crippen LogP contribution in [0.15, 0.2) is 11.2 Å². The van der Waals surface area contributed by atoms with E-state index in [0.717, 1.165) is 0 Å². The number of hydrogen-bond acceptors (Lipinski definition) is 5. The summed E-state index contributed by atoms with van der Waals surface area (Å²) in [5.74, 6) is 1.16. The highest BCUT2D eigenvalue weighted by Gasteiger charge is 2.25. The van der Waals surface area contributed by atoms with Gasteiger partial charge in [0, 0.05) is 26.1 Å². The zero-order valence-electron chi connectivity index (χ0n) is 10.1. The van der Waals surface area contributed by atoms with Crippen molar-refractivity contribution in [1.82, 2.24) is 9.97 Å². The van der Waals surface area contributed by atoms with Gasteiger partial charge in [-0.15, -0.1) is 0 Å². The van der Waals surface area contributed by atoms with Crippen LogP contribution in [0.5, 0.6) is 0 Å². The van der Waals surface area contributed by atoms with Crippen molar-refractivity contribution in [3.05, 3.63) is 6.07 Å². The van der Waals surface area contributed by atoms with Gasteiger partial charge in [0.05, 0.1) is 0 Å². The molecular formula is C10H15F3N4S. The minimum atomic E-state index is -4.10. The normalized spacial score (nSPS) is 11.4. The van der Waals surface area contributed by atoms with Gasteiger partial charge in [0.1, 0.15) is 11.6 Å². The third-order valence-corrected chi connectivity index (χ3v) is 2.64. The van der Waals surface area contributed by atoms with Crippen molar-refractivity contribution in [2.45, 2.75) is 24.2 Å². The zero-order valence-corrected chi connectivity index (χ0v) is 11.0. The van der Waals surface area contributed by atoms with Crippen LogP contribution in [0, 0.1) is 0 Å². The standard InChI is InChI=1S/C10H15F3N4S/c1-14-7-6-8(17-9(16-7)18-2)15-5-3-4-10(11,12)13/h6H,3-5H2,1-2H3,(H2,14,15,16,17). The average Bonchev–Trinajstić information content (AvgIpc) is 2.33. The van der Waals surface area contributed by atoms with E-state index in [9.17, 15) is 13.2 Å². The van der Waals surface area contributed by atoms with E-state index in [1.54, 1.807) is 13.1 Å². The Morgan fingerprint density at radius 2 is 1.94 bits per heavy atom. The summed E-state index contributed by atoms with van der Waals surface area (Å²) in [4.78, 5) is 8.31. The van der Waals surface area contributed by atoms with Crippen LogP contribution in [0.2, 0.25) is 0 Å². The Hall–Kier alpha value is -1.18. The van der Waals surface area contributed by atoms with E-state index in [-0.39, 0.29) is 13.0 Å². The van der Waals surface area contributed by atoms with Gasteiger partial charge < -0.3 is 10.6 Å². The first-order valence-corrected chi connectivity index (χ1v) is 6.58. The third-order valence-electron chi connectivity index (χ3n) is 2.09. The molecule has 0 atom stereocenters. The van der Waals surface area contributed by atoms with Gasteiger partial charge in [0.15, 0.2) is 5.16 Å². The largest absolute Gasteiger partial charge is 0.389 e. The Morgan fingerprint density at radius 3 is 2.50 bits per heavy atom. The van der Waals surface area contributed by atoms with Crippen LogP contribution in [0.4, 0.5) is 24.8 Å². The molecule has 0 saturated heterocycles. The Bertz CT molecular complexity index is 362. The second kappa shape index (κ2) is 6.67. The molecule has 0 spiro atoms. The van der Waals surface area contributed by atoms with Crippen molar-refractivity contribution >= 4 is 23.4 Å². The number of alkyl halides is 3. The molecule has 102 valence electrons. The number of anilines is 2. The van der Waals surface area contributed by atoms with Crippen LogP contribution in [0.3, 0.4) is 0 Å². The van der Waals surface area contributed by atoms with Gasteiger partial charge in [-0.3, -0.25) is 0 Å². The van der Waals surface area contributed by atoms with Gasteiger partial charge in [-0.05, 0) is 12.7 Å². The lowest BCUT2D eigenvalue weighted by Gasteiger charge is -2.09. The lowest BCUT2D eigenvalue weighted by Crippen LogP contribution is -2.12. The number of nitrogens with one attached hydrogen (secondary N) is 2. The fourth-order valence-electron chi connectivity index (χ4n) is 1.24. The highest BCUT2D eigenvalue weighted by molar-refractivity contribution is 7.98. The fraction of sp³-hybridized carbons (Fsp3) is 0.600. The molecule has 0 saturated carbocycles. The molecule has 0 unspecified atom stereocenters. The Balaban J connectivity index is 2.51. The molecule has 0 aliphatic carbocycles. The summed E-state index contributed by atoms with van der Waals surface area (Å²) < 4.78 is 35.9. The molecule has 1 aromatic rings. The lowest BCUT2D eigenvalue weighted by molar-refractivity contribution is -0.134. The Morgan fingerprint density at radius 1 is 1.28 bits per heavy atom. The Labute approximate surface area is 108 Å². The highest BCUT2D eigenvalue weighted by atomic mass is 32.2. The number of hydrogen-bond donors (Lipinski definition) is 2. The van der Waals surface area contributed by atoms with Gasteiger partial charge in [-0.25, -0.2) is 9.97 Å². The quantitative estimate of drug-likeness (QED) is 0.476. The Kier molecular flexibility index (Phi) is 5.52. The first-order valence-electron chi connectivity index (χ1n) is 5.36. The number of thioether (sulfide) groups is 1. The van der Waals surface area contributed by atoms with E-state index in [1.165, 1.54) is 11.8 Å². The second-order valence-electron chi connectivity index (χ2n) is 3.52. The summed E-state index contributed by atoms with van der Waals surface area (Å²) in [5.41, 5.74) is 0. The van der Waals surface area contributed by atoms with E-state index in [0.29, 0.717) is 16.8 Å². The van der Waals surface area contributed by atoms with E-state index in [2.05, 4.69) is 20.6 Å². The van der Waals surface area contributed by atoms with Gasteiger partial charge >= 0.3 is 6.18 Å². The smallest absolute Gasteiger partial charge is 0.373 e. The number of nitrogens with zero attached hydrogens (tertiary/aromatic N) is 2. The molecule has 0 aliphatic rings. The van der Waals surface area contributed by atoms with E-state index < -0.39 is 12.6 Å². The van der Waals surface area contributed by atoms with Gasteiger partial charge in [-0.2, -0.15) is 13.2 Å². The molecule has 2 N–H and O–H groups in total. The molecule has 0 aliphatic heterocycles. The summed E-state index contributed by atoms with van der Waals surface area (Å²) >= 11 is 1.37. The molecule has 8 heteroatoms. The van der Waals surface area contributed by atoms with E-state index in [4.69, 9.17) is 0 Å². The first-order chi connectivity index (χ1) is 8.44. The highest BCUT2D eigenvalue weighted by Crippen LogP contribution is 2.21. The number of halogens is 3. The molecule has 4 nitrogen and oxygen atoms in total. The van der Waals surface area contributed by atoms with Crippen LogP contribution in [-0.2, 0) is 0 Å². The van der Waals surface area contributed by atoms with Crippen LogP contribution in [-0.4, -0.2) is 36.0 Å². The molecule has 0 aromatic carbocycles. The van der Waals surface area contributed by atoms with Gasteiger partial charge in [0.2, 0.25) is 0 Å². The maximum Gasteiger partial charge on any atom is 0.389 e. The molecule has 1 heterocycles. The summed E-state index contributed by atoms with van der Waals surface area (Å²) in [6.45, 7) is 0.230. The van der Waals surface area contributed by atoms with E-state index in [1.807, 2.05) is 6.26 Å². The number of rotatable bonds is 6. The molecule has 0 bridgehead atoms. The van der Waals surface area contributed by atoms with Crippen molar-refractivity contribution < 1.29 is 13.2 Å². The van der Waals surface area contributed by atoms with Crippen molar-refractivity contribution in [3.63, 3.8) is 0 Å². The van der Waals surface area contributed by atoms with Crippen LogP contribution in [0.25, 0.3) is 0 Å². The van der Waals surface area contributed by atoms with Crippen LogP contribution in [0.1, 0.15) is 12.8 Å². The molecule has 18 heavy (non-hydrogen) atoms. The minimum absolute atomic E-state index is 0.0248. The third kappa shape index (κ3) is 5.44. The van der Waals surface area contributed by atoms with E-state index >= 15 is 0 Å². The molecule has 0 fully saturated rings. The van der Waals surface area contributed by atoms with Crippen molar-refractivity contribution in [2.75, 3.05) is 30.5 Å². The lowest BCUT2D eigenvalue weighted by atomic mass is 10.3. The van der Waals surface area contributed by atoms with Crippen molar-refractivity contribution in [3.8, 4) is 0 Å². The van der Waals surface area contributed by atoms with Crippen LogP contribution < -0.4 is 10.6 Å². The second-order valence-corrected chi connectivity index (χ2v) is 4.29. The fourth-order valence-corrected chi connectivity index (χ4v) is 1.62. The van der Waals surface area contributed by atoms with Gasteiger partial charge in [-0.1, -0.05) is 11.8 Å². The predicted molar refractivity (Wildman–Crippen MR) is 67.1 cm³/mol. The summed E-state index contributed by atoms with van der Waals surface area (Å²) in [5, 5.41) is 6.30. The molecule has 1 rings (SSSR count). The predicted octanol–water partition coefficient (Wildman–Crippen LogP) is 2.99. The monoisotopic (exact) mass is 280 g/mol. The average molecular weight is 280 g/mol. The maximum atomic E-state index is 12.0. The SMILES string of the molecule is CNc1cc(NCCCC(F)(F)F)nc(SC)n1. The maximum absolute atomic E-state index is 12.0. The van der Waals surface area contributed by atoms with Crippen molar-refractivity contribution in [1.29, 1.82) is 0 Å². The zero-order chi connectivity index (χ0) is 13.6. The van der Waals surface area contributed by atoms with Crippen LogP contribution >= 0.6 is 11.8 Å². The topological polar surface area (TPSA) is 49.8 Å². The van der Waals surface area contributed by atoms with Crippen molar-refractivity contribution in [2.24, 2.45) is 0 Å². The molecule has 0 radical (unpaired) electrons. The summed E-state index contributed by atoms with van der Waals surface area (Å²) in [6, 6.07) is 1.66.